The molecule has 0 bridgehead atoms. The van der Waals surface area contributed by atoms with Crippen LogP contribution in [-0.2, 0) is 0 Å². The van der Waals surface area contributed by atoms with Crippen LogP contribution in [-0.4, -0.2) is 13.2 Å². The molecular formula is C19H21NO2. The third-order valence-electron chi connectivity index (χ3n) is 3.40. The van der Waals surface area contributed by atoms with E-state index < -0.39 is 0 Å². The lowest BCUT2D eigenvalue weighted by atomic mass is 9.96. The maximum atomic E-state index is 9.35. The third kappa shape index (κ3) is 4.82. The highest BCUT2D eigenvalue weighted by atomic mass is 16.5. The van der Waals surface area contributed by atoms with Crippen LogP contribution in [0.5, 0.6) is 11.5 Å². The monoisotopic (exact) mass is 295 g/mol. The highest BCUT2D eigenvalue weighted by Gasteiger charge is 2.10. The zero-order valence-electron chi connectivity index (χ0n) is 12.9. The Balaban J connectivity index is 1.80. The number of nitrogens with zero attached hydrogens (tertiary/aromatic N) is 1. The summed E-state index contributed by atoms with van der Waals surface area (Å²) in [7, 11) is 0. The van der Waals surface area contributed by atoms with Gasteiger partial charge in [0.05, 0.1) is 25.2 Å². The summed E-state index contributed by atoms with van der Waals surface area (Å²) < 4.78 is 11.1. The van der Waals surface area contributed by atoms with Crippen molar-refractivity contribution in [3.63, 3.8) is 0 Å². The van der Waals surface area contributed by atoms with Crippen molar-refractivity contribution in [3.8, 4) is 17.6 Å². The SMILES string of the molecule is CCOc1ccc(C(C#N)CCCOc2ccccc2)cc1. The second-order valence-corrected chi connectivity index (χ2v) is 4.99. The minimum absolute atomic E-state index is 0.102. The second kappa shape index (κ2) is 8.74. The Morgan fingerprint density at radius 1 is 0.955 bits per heavy atom. The van der Waals surface area contributed by atoms with E-state index in [4.69, 9.17) is 9.47 Å². The second-order valence-electron chi connectivity index (χ2n) is 4.99. The number of benzene rings is 2. The lowest BCUT2D eigenvalue weighted by molar-refractivity contribution is 0.305. The maximum absolute atomic E-state index is 9.35. The molecule has 0 amide bonds. The van der Waals surface area contributed by atoms with Crippen molar-refractivity contribution in [2.24, 2.45) is 0 Å². The molecule has 2 aromatic carbocycles. The van der Waals surface area contributed by atoms with Crippen molar-refractivity contribution in [1.82, 2.24) is 0 Å². The lowest BCUT2D eigenvalue weighted by Crippen LogP contribution is -2.02. The Labute approximate surface area is 132 Å². The number of hydrogen-bond acceptors (Lipinski definition) is 3. The van der Waals surface area contributed by atoms with Gasteiger partial charge in [0.25, 0.3) is 0 Å². The fourth-order valence-electron chi connectivity index (χ4n) is 2.26. The van der Waals surface area contributed by atoms with Gasteiger partial charge in [-0.2, -0.15) is 5.26 Å². The molecule has 0 fully saturated rings. The highest BCUT2D eigenvalue weighted by molar-refractivity contribution is 5.32. The van der Waals surface area contributed by atoms with E-state index in [2.05, 4.69) is 6.07 Å². The average Bonchev–Trinajstić information content (AvgIpc) is 2.57. The molecule has 3 heteroatoms. The van der Waals surface area contributed by atoms with Crippen molar-refractivity contribution in [2.45, 2.75) is 25.7 Å². The summed E-state index contributed by atoms with van der Waals surface area (Å²) in [6, 6.07) is 19.9. The first-order valence-corrected chi connectivity index (χ1v) is 7.63. The number of rotatable bonds is 8. The summed E-state index contributed by atoms with van der Waals surface area (Å²) in [4.78, 5) is 0. The molecule has 0 saturated heterocycles. The Kier molecular flexibility index (Phi) is 6.32. The molecule has 3 nitrogen and oxygen atoms in total. The van der Waals surface area contributed by atoms with Crippen LogP contribution in [0, 0.1) is 11.3 Å². The molecule has 22 heavy (non-hydrogen) atoms. The van der Waals surface area contributed by atoms with E-state index in [0.29, 0.717) is 13.2 Å². The van der Waals surface area contributed by atoms with Gasteiger partial charge in [-0.05, 0) is 49.6 Å². The molecule has 2 aromatic rings. The molecule has 0 aromatic heterocycles. The van der Waals surface area contributed by atoms with Gasteiger partial charge in [-0.1, -0.05) is 30.3 Å². The van der Waals surface area contributed by atoms with Gasteiger partial charge in [-0.15, -0.1) is 0 Å². The van der Waals surface area contributed by atoms with Crippen LogP contribution in [0.15, 0.2) is 54.6 Å². The van der Waals surface area contributed by atoms with Crippen LogP contribution in [0.4, 0.5) is 0 Å². The summed E-state index contributed by atoms with van der Waals surface area (Å²) in [5.74, 6) is 1.61. The Hall–Kier alpha value is -2.47. The third-order valence-corrected chi connectivity index (χ3v) is 3.40. The number of nitriles is 1. The molecule has 114 valence electrons. The zero-order chi connectivity index (χ0) is 15.6. The van der Waals surface area contributed by atoms with E-state index in [1.807, 2.05) is 61.5 Å². The van der Waals surface area contributed by atoms with Crippen LogP contribution in [0.2, 0.25) is 0 Å². The summed E-state index contributed by atoms with van der Waals surface area (Å²) in [5, 5.41) is 9.35. The standard InChI is InChI=1S/C19H21NO2/c1-2-21-19-12-10-16(11-13-19)17(15-20)7-6-14-22-18-8-4-3-5-9-18/h3-5,8-13,17H,2,6-7,14H2,1H3. The van der Waals surface area contributed by atoms with E-state index in [1.165, 1.54) is 0 Å². The molecule has 0 radical (unpaired) electrons. The first kappa shape index (κ1) is 15.9. The summed E-state index contributed by atoms with van der Waals surface area (Å²) in [6.07, 6.45) is 1.64. The van der Waals surface area contributed by atoms with Gasteiger partial charge >= 0.3 is 0 Å². The van der Waals surface area contributed by atoms with Crippen molar-refractivity contribution in [1.29, 1.82) is 5.26 Å². The van der Waals surface area contributed by atoms with Crippen molar-refractivity contribution in [2.75, 3.05) is 13.2 Å². The molecule has 1 unspecified atom stereocenters. The molecule has 0 aliphatic carbocycles. The lowest BCUT2D eigenvalue weighted by Gasteiger charge is -2.11. The fourth-order valence-corrected chi connectivity index (χ4v) is 2.26. The molecule has 0 saturated carbocycles. The van der Waals surface area contributed by atoms with Gasteiger partial charge in [0.15, 0.2) is 0 Å². The van der Waals surface area contributed by atoms with Gasteiger partial charge in [-0.25, -0.2) is 0 Å². The minimum Gasteiger partial charge on any atom is -0.494 e. The van der Waals surface area contributed by atoms with Crippen LogP contribution in [0.3, 0.4) is 0 Å². The first-order valence-electron chi connectivity index (χ1n) is 7.63. The molecule has 0 aliphatic heterocycles. The number of para-hydroxylation sites is 1. The maximum Gasteiger partial charge on any atom is 0.119 e. The van der Waals surface area contributed by atoms with Crippen molar-refractivity contribution in [3.05, 3.63) is 60.2 Å². The summed E-state index contributed by atoms with van der Waals surface area (Å²) in [5.41, 5.74) is 1.03. The minimum atomic E-state index is -0.102. The largest absolute Gasteiger partial charge is 0.494 e. The van der Waals surface area contributed by atoms with E-state index in [1.54, 1.807) is 0 Å². The molecule has 2 rings (SSSR count). The molecule has 0 spiro atoms. The van der Waals surface area contributed by atoms with E-state index >= 15 is 0 Å². The van der Waals surface area contributed by atoms with Gasteiger partial charge in [0.1, 0.15) is 11.5 Å². The topological polar surface area (TPSA) is 42.2 Å². The predicted octanol–water partition coefficient (Wildman–Crippen LogP) is 4.55. The fraction of sp³-hybridized carbons (Fsp3) is 0.316. The average molecular weight is 295 g/mol. The predicted molar refractivity (Wildman–Crippen MR) is 87.1 cm³/mol. The van der Waals surface area contributed by atoms with E-state index in [9.17, 15) is 5.26 Å². The van der Waals surface area contributed by atoms with Gasteiger partial charge in [-0.3, -0.25) is 0 Å². The summed E-state index contributed by atoms with van der Waals surface area (Å²) in [6.45, 7) is 3.23. The summed E-state index contributed by atoms with van der Waals surface area (Å²) >= 11 is 0. The molecule has 0 aliphatic rings. The van der Waals surface area contributed by atoms with Crippen LogP contribution < -0.4 is 9.47 Å². The smallest absolute Gasteiger partial charge is 0.119 e. The first-order chi connectivity index (χ1) is 10.8. The van der Waals surface area contributed by atoms with E-state index in [-0.39, 0.29) is 5.92 Å². The highest BCUT2D eigenvalue weighted by Crippen LogP contribution is 2.23. The van der Waals surface area contributed by atoms with Gasteiger partial charge in [0, 0.05) is 0 Å². The number of ether oxygens (including phenoxy) is 2. The van der Waals surface area contributed by atoms with Crippen LogP contribution >= 0.6 is 0 Å². The molecular weight excluding hydrogens is 274 g/mol. The quantitative estimate of drug-likeness (QED) is 0.671. The molecule has 1 atom stereocenters. The Bertz CT molecular complexity index is 587. The molecule has 0 heterocycles. The van der Waals surface area contributed by atoms with Gasteiger partial charge < -0.3 is 9.47 Å². The number of hydrogen-bond donors (Lipinski definition) is 0. The zero-order valence-corrected chi connectivity index (χ0v) is 12.9. The van der Waals surface area contributed by atoms with Crippen LogP contribution in [0.1, 0.15) is 31.2 Å². The Morgan fingerprint density at radius 2 is 1.64 bits per heavy atom. The normalized spacial score (nSPS) is 11.5. The van der Waals surface area contributed by atoms with E-state index in [0.717, 1.165) is 29.9 Å². The van der Waals surface area contributed by atoms with Crippen molar-refractivity contribution >= 4 is 0 Å². The van der Waals surface area contributed by atoms with Crippen LogP contribution in [0.25, 0.3) is 0 Å². The molecule has 0 N–H and O–H groups in total. The van der Waals surface area contributed by atoms with Gasteiger partial charge in [0.2, 0.25) is 0 Å². The Morgan fingerprint density at radius 3 is 2.27 bits per heavy atom. The van der Waals surface area contributed by atoms with Crippen molar-refractivity contribution < 1.29 is 9.47 Å².